The van der Waals surface area contributed by atoms with Crippen LogP contribution >= 0.6 is 11.3 Å². The van der Waals surface area contributed by atoms with Crippen LogP contribution in [0.1, 0.15) is 22.9 Å². The van der Waals surface area contributed by atoms with Crippen LogP contribution in [-0.2, 0) is 0 Å². The van der Waals surface area contributed by atoms with Gasteiger partial charge in [0.2, 0.25) is 0 Å². The molecule has 0 saturated carbocycles. The van der Waals surface area contributed by atoms with E-state index >= 15 is 0 Å². The largest absolute Gasteiger partial charge is 0.494 e. The lowest BCUT2D eigenvalue weighted by molar-refractivity contribution is 0.243. The summed E-state index contributed by atoms with van der Waals surface area (Å²) in [6, 6.07) is 16.1. The van der Waals surface area contributed by atoms with Crippen LogP contribution in [0.3, 0.4) is 0 Å². The van der Waals surface area contributed by atoms with Crippen LogP contribution in [0.4, 0.5) is 4.39 Å². The third kappa shape index (κ3) is 3.47. The Morgan fingerprint density at radius 2 is 2.00 bits per heavy atom. The molecule has 0 amide bonds. The maximum atomic E-state index is 14.4. The number of rotatable bonds is 4. The summed E-state index contributed by atoms with van der Waals surface area (Å²) >= 11 is 1.80. The van der Waals surface area contributed by atoms with Crippen molar-refractivity contribution in [2.45, 2.75) is 12.5 Å². The number of ether oxygens (including phenoxy) is 1. The van der Waals surface area contributed by atoms with E-state index in [0.29, 0.717) is 5.75 Å². The van der Waals surface area contributed by atoms with E-state index in [1.54, 1.807) is 23.5 Å². The van der Waals surface area contributed by atoms with Crippen molar-refractivity contribution in [1.82, 2.24) is 10.2 Å². The van der Waals surface area contributed by atoms with Gasteiger partial charge in [-0.25, -0.2) is 4.39 Å². The van der Waals surface area contributed by atoms with Crippen LogP contribution in [0.25, 0.3) is 10.1 Å². The average molecular weight is 370 g/mol. The van der Waals surface area contributed by atoms with Crippen LogP contribution < -0.4 is 10.1 Å². The highest BCUT2D eigenvalue weighted by atomic mass is 32.1. The van der Waals surface area contributed by atoms with Crippen LogP contribution in [0.2, 0.25) is 0 Å². The number of halogens is 1. The van der Waals surface area contributed by atoms with Gasteiger partial charge in [-0.2, -0.15) is 0 Å². The van der Waals surface area contributed by atoms with Crippen molar-refractivity contribution in [3.05, 3.63) is 64.8 Å². The third-order valence-corrected chi connectivity index (χ3v) is 6.11. The molecule has 1 N–H and O–H groups in total. The van der Waals surface area contributed by atoms with Gasteiger partial charge in [0.1, 0.15) is 0 Å². The molecule has 1 aliphatic heterocycles. The molecule has 0 aliphatic carbocycles. The summed E-state index contributed by atoms with van der Waals surface area (Å²) in [5.74, 6) is -0.00886. The van der Waals surface area contributed by atoms with Crippen molar-refractivity contribution in [2.24, 2.45) is 0 Å². The Morgan fingerprint density at radius 3 is 2.81 bits per heavy atom. The van der Waals surface area contributed by atoms with Gasteiger partial charge in [-0.3, -0.25) is 4.90 Å². The molecule has 1 atom stereocenters. The summed E-state index contributed by atoms with van der Waals surface area (Å²) in [7, 11) is 1.50. The molecule has 2 aromatic carbocycles. The normalized spacial score (nSPS) is 17.2. The van der Waals surface area contributed by atoms with Gasteiger partial charge in [0.25, 0.3) is 0 Å². The van der Waals surface area contributed by atoms with E-state index in [9.17, 15) is 4.39 Å². The monoisotopic (exact) mass is 370 g/mol. The molecule has 1 fully saturated rings. The Labute approximate surface area is 157 Å². The Balaban J connectivity index is 1.79. The summed E-state index contributed by atoms with van der Waals surface area (Å²) in [4.78, 5) is 3.73. The topological polar surface area (TPSA) is 24.5 Å². The quantitative estimate of drug-likeness (QED) is 0.735. The van der Waals surface area contributed by atoms with Crippen molar-refractivity contribution in [2.75, 3.05) is 33.3 Å². The zero-order chi connectivity index (χ0) is 17.9. The highest BCUT2D eigenvalue weighted by Crippen LogP contribution is 2.38. The van der Waals surface area contributed by atoms with Gasteiger partial charge in [-0.15, -0.1) is 11.3 Å². The van der Waals surface area contributed by atoms with Crippen LogP contribution in [0.15, 0.2) is 48.5 Å². The van der Waals surface area contributed by atoms with Crippen LogP contribution in [0, 0.1) is 5.82 Å². The third-order valence-electron chi connectivity index (χ3n) is 4.95. The van der Waals surface area contributed by atoms with Crippen LogP contribution in [0.5, 0.6) is 5.75 Å². The number of methoxy groups -OCH3 is 1. The molecule has 0 bridgehead atoms. The predicted octanol–water partition coefficient (Wildman–Crippen LogP) is 4.43. The van der Waals surface area contributed by atoms with Crippen LogP contribution in [-0.4, -0.2) is 38.2 Å². The molecule has 26 heavy (non-hydrogen) atoms. The molecule has 2 heterocycles. The lowest BCUT2D eigenvalue weighted by Crippen LogP contribution is -2.32. The second-order valence-electron chi connectivity index (χ2n) is 6.62. The van der Waals surface area contributed by atoms with Gasteiger partial charge in [-0.1, -0.05) is 24.3 Å². The molecule has 4 rings (SSSR count). The van der Waals surface area contributed by atoms with Gasteiger partial charge in [0.05, 0.1) is 13.2 Å². The number of hydrogen-bond donors (Lipinski definition) is 1. The highest BCUT2D eigenvalue weighted by molar-refractivity contribution is 7.19. The molecule has 1 aliphatic rings. The van der Waals surface area contributed by atoms with Crippen molar-refractivity contribution >= 4 is 21.4 Å². The second-order valence-corrected chi connectivity index (χ2v) is 7.74. The molecule has 0 spiro atoms. The summed E-state index contributed by atoms with van der Waals surface area (Å²) in [5, 5.41) is 4.71. The summed E-state index contributed by atoms with van der Waals surface area (Å²) < 4.78 is 20.8. The number of nitrogens with zero attached hydrogens (tertiary/aromatic N) is 1. The molecule has 3 aromatic rings. The second kappa shape index (κ2) is 7.74. The molecule has 1 aromatic heterocycles. The maximum absolute atomic E-state index is 14.4. The fraction of sp³-hybridized carbons (Fsp3) is 0.333. The highest BCUT2D eigenvalue weighted by Gasteiger charge is 2.26. The zero-order valence-electron chi connectivity index (χ0n) is 14.9. The first-order valence-electron chi connectivity index (χ1n) is 9.03. The molecule has 1 saturated heterocycles. The lowest BCUT2D eigenvalue weighted by Gasteiger charge is -2.30. The van der Waals surface area contributed by atoms with E-state index < -0.39 is 0 Å². The van der Waals surface area contributed by atoms with Gasteiger partial charge in [0, 0.05) is 29.2 Å². The van der Waals surface area contributed by atoms with E-state index in [2.05, 4.69) is 40.5 Å². The van der Waals surface area contributed by atoms with Crippen molar-refractivity contribution in [1.29, 1.82) is 0 Å². The van der Waals surface area contributed by atoms with Gasteiger partial charge >= 0.3 is 0 Å². The number of nitrogens with one attached hydrogen (secondary N) is 1. The van der Waals surface area contributed by atoms with E-state index in [1.807, 2.05) is 6.07 Å². The van der Waals surface area contributed by atoms with E-state index in [1.165, 1.54) is 22.1 Å². The van der Waals surface area contributed by atoms with E-state index in [-0.39, 0.29) is 11.9 Å². The first kappa shape index (κ1) is 17.5. The Hall–Kier alpha value is -1.95. The molecular weight excluding hydrogens is 347 g/mol. The SMILES string of the molecule is COc1ccc(C(c2cc3ccccc3s2)N2CCCNCC2)cc1F. The fourth-order valence-electron chi connectivity index (χ4n) is 3.67. The van der Waals surface area contributed by atoms with Gasteiger partial charge in [0.15, 0.2) is 11.6 Å². The maximum Gasteiger partial charge on any atom is 0.165 e. The molecule has 136 valence electrons. The molecular formula is C21H23FN2OS. The predicted molar refractivity (Wildman–Crippen MR) is 106 cm³/mol. The van der Waals surface area contributed by atoms with Crippen molar-refractivity contribution < 1.29 is 9.13 Å². The van der Waals surface area contributed by atoms with E-state index in [4.69, 9.17) is 4.74 Å². The summed E-state index contributed by atoms with van der Waals surface area (Å²) in [6.45, 7) is 3.94. The summed E-state index contributed by atoms with van der Waals surface area (Å²) in [5.41, 5.74) is 0.983. The number of fused-ring (bicyclic) bond motifs is 1. The van der Waals surface area contributed by atoms with Gasteiger partial charge < -0.3 is 10.1 Å². The minimum atomic E-state index is -0.302. The molecule has 0 radical (unpaired) electrons. The zero-order valence-corrected chi connectivity index (χ0v) is 15.7. The van der Waals surface area contributed by atoms with Crippen molar-refractivity contribution in [3.63, 3.8) is 0 Å². The standard InChI is InChI=1S/C21H23FN2OS/c1-25-18-8-7-16(13-17(18)22)21(24-11-4-9-23-10-12-24)20-14-15-5-2-3-6-19(15)26-20/h2-3,5-8,13-14,21,23H,4,9-12H2,1H3. The first-order chi connectivity index (χ1) is 12.8. The first-order valence-corrected chi connectivity index (χ1v) is 9.84. The number of thiophene rings is 1. The lowest BCUT2D eigenvalue weighted by atomic mass is 10.0. The molecule has 1 unspecified atom stereocenters. The summed E-state index contributed by atoms with van der Waals surface area (Å²) in [6.07, 6.45) is 1.10. The Morgan fingerprint density at radius 1 is 1.12 bits per heavy atom. The Kier molecular flexibility index (Phi) is 5.20. The molecule has 5 heteroatoms. The minimum absolute atomic E-state index is 0.0627. The number of hydrogen-bond acceptors (Lipinski definition) is 4. The minimum Gasteiger partial charge on any atom is -0.494 e. The number of benzene rings is 2. The average Bonchev–Trinajstić information content (AvgIpc) is 2.89. The van der Waals surface area contributed by atoms with Crippen molar-refractivity contribution in [3.8, 4) is 5.75 Å². The smallest absolute Gasteiger partial charge is 0.165 e. The van der Waals surface area contributed by atoms with Gasteiger partial charge in [-0.05, 0) is 48.2 Å². The fourth-order valence-corrected chi connectivity index (χ4v) is 4.90. The Bertz CT molecular complexity index is 854. The van der Waals surface area contributed by atoms with E-state index in [0.717, 1.165) is 38.2 Å². The molecule has 3 nitrogen and oxygen atoms in total.